The van der Waals surface area contributed by atoms with Crippen molar-refractivity contribution in [1.82, 2.24) is 10.6 Å². The molecule has 1 aliphatic carbocycles. The van der Waals surface area contributed by atoms with Crippen molar-refractivity contribution in [2.24, 2.45) is 11.8 Å². The lowest BCUT2D eigenvalue weighted by atomic mass is 10.1. The minimum atomic E-state index is 0.235. The Morgan fingerprint density at radius 2 is 1.94 bits per heavy atom. The first kappa shape index (κ1) is 14.5. The van der Waals surface area contributed by atoms with Crippen LogP contribution in [0.2, 0.25) is 0 Å². The summed E-state index contributed by atoms with van der Waals surface area (Å²) in [6.45, 7) is 9.52. The molecule has 0 spiro atoms. The summed E-state index contributed by atoms with van der Waals surface area (Å²) < 4.78 is 0. The molecular formula is C14H28N2O. The van der Waals surface area contributed by atoms with Crippen LogP contribution in [0.15, 0.2) is 0 Å². The Balaban J connectivity index is 2.21. The van der Waals surface area contributed by atoms with Crippen molar-refractivity contribution in [2.75, 3.05) is 6.54 Å². The van der Waals surface area contributed by atoms with Crippen LogP contribution in [0.25, 0.3) is 0 Å². The van der Waals surface area contributed by atoms with Gasteiger partial charge >= 0.3 is 0 Å². The first-order valence-electron chi connectivity index (χ1n) is 7.02. The summed E-state index contributed by atoms with van der Waals surface area (Å²) in [5.41, 5.74) is 0. The van der Waals surface area contributed by atoms with E-state index in [4.69, 9.17) is 0 Å². The molecule has 3 nitrogen and oxygen atoms in total. The molecule has 0 aromatic heterocycles. The molecule has 100 valence electrons. The molecule has 0 bridgehead atoms. The maximum Gasteiger partial charge on any atom is 0.223 e. The molecule has 1 aliphatic rings. The van der Waals surface area contributed by atoms with Gasteiger partial charge in [-0.05, 0) is 31.6 Å². The van der Waals surface area contributed by atoms with Gasteiger partial charge in [-0.2, -0.15) is 0 Å². The Morgan fingerprint density at radius 1 is 1.24 bits per heavy atom. The van der Waals surface area contributed by atoms with E-state index >= 15 is 0 Å². The number of carbonyl (C=O) groups excluding carboxylic acids is 1. The summed E-state index contributed by atoms with van der Waals surface area (Å²) in [5, 5.41) is 6.58. The molecule has 0 aromatic rings. The fraction of sp³-hybridized carbons (Fsp3) is 0.929. The number of nitrogens with one attached hydrogen (secondary N) is 2. The van der Waals surface area contributed by atoms with E-state index < -0.39 is 0 Å². The average Bonchev–Trinajstić information content (AvgIpc) is 2.64. The van der Waals surface area contributed by atoms with Crippen molar-refractivity contribution in [1.29, 1.82) is 0 Å². The molecule has 0 heterocycles. The zero-order valence-corrected chi connectivity index (χ0v) is 11.8. The summed E-state index contributed by atoms with van der Waals surface area (Å²) in [4.78, 5) is 11.9. The van der Waals surface area contributed by atoms with Crippen LogP contribution in [0.1, 0.15) is 53.4 Å². The van der Waals surface area contributed by atoms with Gasteiger partial charge < -0.3 is 10.6 Å². The van der Waals surface area contributed by atoms with E-state index in [1.807, 2.05) is 0 Å². The van der Waals surface area contributed by atoms with Gasteiger partial charge in [0.1, 0.15) is 0 Å². The summed E-state index contributed by atoms with van der Waals surface area (Å²) >= 11 is 0. The summed E-state index contributed by atoms with van der Waals surface area (Å²) in [6, 6.07) is 1.05. The molecule has 3 heteroatoms. The van der Waals surface area contributed by atoms with Crippen LogP contribution in [0, 0.1) is 11.8 Å². The zero-order chi connectivity index (χ0) is 12.8. The summed E-state index contributed by atoms with van der Waals surface area (Å²) in [5.74, 6) is 1.16. The van der Waals surface area contributed by atoms with Gasteiger partial charge in [0.15, 0.2) is 0 Å². The smallest absolute Gasteiger partial charge is 0.223 e. The molecule has 0 aromatic carbocycles. The van der Waals surface area contributed by atoms with Crippen LogP contribution in [-0.4, -0.2) is 24.5 Å². The number of rotatable bonds is 6. The SMILES string of the molecule is CC(C)CCNC(=O)[C@H]1CC[C@@H](NC(C)C)C1. The Hall–Kier alpha value is -0.570. The van der Waals surface area contributed by atoms with E-state index in [0.717, 1.165) is 32.2 Å². The molecule has 0 aliphatic heterocycles. The van der Waals surface area contributed by atoms with E-state index in [2.05, 4.69) is 38.3 Å². The highest BCUT2D eigenvalue weighted by Crippen LogP contribution is 2.26. The quantitative estimate of drug-likeness (QED) is 0.748. The number of hydrogen-bond acceptors (Lipinski definition) is 2. The fourth-order valence-corrected chi connectivity index (χ4v) is 2.47. The number of amides is 1. The molecule has 17 heavy (non-hydrogen) atoms. The van der Waals surface area contributed by atoms with Crippen LogP contribution in [0.4, 0.5) is 0 Å². The molecular weight excluding hydrogens is 212 g/mol. The highest BCUT2D eigenvalue weighted by molar-refractivity contribution is 5.78. The van der Waals surface area contributed by atoms with E-state index in [0.29, 0.717) is 18.0 Å². The van der Waals surface area contributed by atoms with Gasteiger partial charge in [-0.15, -0.1) is 0 Å². The average molecular weight is 240 g/mol. The minimum absolute atomic E-state index is 0.235. The lowest BCUT2D eigenvalue weighted by Crippen LogP contribution is -2.35. The zero-order valence-electron chi connectivity index (χ0n) is 11.8. The van der Waals surface area contributed by atoms with Gasteiger partial charge in [0.05, 0.1) is 0 Å². The normalized spacial score (nSPS) is 24.6. The number of hydrogen-bond donors (Lipinski definition) is 2. The molecule has 1 saturated carbocycles. The second-order valence-electron chi connectivity index (χ2n) is 6.00. The van der Waals surface area contributed by atoms with Crippen LogP contribution < -0.4 is 10.6 Å². The van der Waals surface area contributed by atoms with Crippen molar-refractivity contribution in [2.45, 2.75) is 65.5 Å². The second-order valence-corrected chi connectivity index (χ2v) is 6.00. The van der Waals surface area contributed by atoms with Crippen molar-refractivity contribution in [3.63, 3.8) is 0 Å². The molecule has 0 saturated heterocycles. The first-order chi connectivity index (χ1) is 7.99. The van der Waals surface area contributed by atoms with Crippen molar-refractivity contribution >= 4 is 5.91 Å². The van der Waals surface area contributed by atoms with Gasteiger partial charge in [-0.25, -0.2) is 0 Å². The third-order valence-corrected chi connectivity index (χ3v) is 3.39. The third-order valence-electron chi connectivity index (χ3n) is 3.39. The molecule has 0 radical (unpaired) electrons. The van der Waals surface area contributed by atoms with Gasteiger partial charge in [0.2, 0.25) is 5.91 Å². The standard InChI is InChI=1S/C14H28N2O/c1-10(2)7-8-15-14(17)12-5-6-13(9-12)16-11(3)4/h10-13,16H,5-9H2,1-4H3,(H,15,17)/t12-,13+/m0/s1. The van der Waals surface area contributed by atoms with Crippen molar-refractivity contribution < 1.29 is 4.79 Å². The van der Waals surface area contributed by atoms with E-state index in [9.17, 15) is 4.79 Å². The summed E-state index contributed by atoms with van der Waals surface area (Å²) in [6.07, 6.45) is 4.26. The monoisotopic (exact) mass is 240 g/mol. The second kappa shape index (κ2) is 7.00. The predicted molar refractivity (Wildman–Crippen MR) is 71.9 cm³/mol. The Morgan fingerprint density at radius 3 is 2.53 bits per heavy atom. The van der Waals surface area contributed by atoms with E-state index in [1.165, 1.54) is 0 Å². The topological polar surface area (TPSA) is 41.1 Å². The van der Waals surface area contributed by atoms with Crippen LogP contribution in [-0.2, 0) is 4.79 Å². The Labute approximate surface area is 106 Å². The molecule has 1 fully saturated rings. The number of carbonyl (C=O) groups is 1. The lowest BCUT2D eigenvalue weighted by Gasteiger charge is -2.16. The van der Waals surface area contributed by atoms with Gasteiger partial charge in [0, 0.05) is 24.5 Å². The third kappa shape index (κ3) is 5.53. The van der Waals surface area contributed by atoms with Crippen LogP contribution in [0.5, 0.6) is 0 Å². The van der Waals surface area contributed by atoms with Crippen LogP contribution >= 0.6 is 0 Å². The maximum atomic E-state index is 11.9. The highest BCUT2D eigenvalue weighted by Gasteiger charge is 2.29. The summed E-state index contributed by atoms with van der Waals surface area (Å²) in [7, 11) is 0. The van der Waals surface area contributed by atoms with Crippen molar-refractivity contribution in [3.05, 3.63) is 0 Å². The highest BCUT2D eigenvalue weighted by atomic mass is 16.1. The fourth-order valence-electron chi connectivity index (χ4n) is 2.47. The Kier molecular flexibility index (Phi) is 5.96. The van der Waals surface area contributed by atoms with Gasteiger partial charge in [-0.1, -0.05) is 27.7 Å². The molecule has 0 unspecified atom stereocenters. The van der Waals surface area contributed by atoms with Crippen LogP contribution in [0.3, 0.4) is 0 Å². The lowest BCUT2D eigenvalue weighted by molar-refractivity contribution is -0.124. The van der Waals surface area contributed by atoms with Gasteiger partial charge in [0.25, 0.3) is 0 Å². The molecule has 2 N–H and O–H groups in total. The van der Waals surface area contributed by atoms with Gasteiger partial charge in [-0.3, -0.25) is 4.79 Å². The van der Waals surface area contributed by atoms with E-state index in [-0.39, 0.29) is 11.8 Å². The Bertz CT molecular complexity index is 238. The maximum absolute atomic E-state index is 11.9. The predicted octanol–water partition coefficient (Wildman–Crippen LogP) is 2.32. The molecule has 1 rings (SSSR count). The minimum Gasteiger partial charge on any atom is -0.356 e. The van der Waals surface area contributed by atoms with Crippen molar-refractivity contribution in [3.8, 4) is 0 Å². The molecule has 1 amide bonds. The largest absolute Gasteiger partial charge is 0.356 e. The van der Waals surface area contributed by atoms with E-state index in [1.54, 1.807) is 0 Å². The first-order valence-corrected chi connectivity index (χ1v) is 7.02. The molecule has 2 atom stereocenters.